The van der Waals surface area contributed by atoms with Gasteiger partial charge in [-0.1, -0.05) is 6.07 Å². The molecule has 25 heavy (non-hydrogen) atoms. The zero-order valence-corrected chi connectivity index (χ0v) is 16.0. The van der Waals surface area contributed by atoms with Crippen LogP contribution in [0.5, 0.6) is 0 Å². The van der Waals surface area contributed by atoms with Crippen molar-refractivity contribution in [1.29, 1.82) is 0 Å². The Kier molecular flexibility index (Phi) is 4.39. The highest BCUT2D eigenvalue weighted by atomic mass is 16.1. The molecule has 0 unspecified atom stereocenters. The largest absolute Gasteiger partial charge is 0.336 e. The molecular weight excluding hydrogens is 308 g/mol. The molecule has 0 radical (unpaired) electrons. The van der Waals surface area contributed by atoms with Gasteiger partial charge in [-0.05, 0) is 100 Å². The number of carbonyl (C=O) groups is 1. The second-order valence-electron chi connectivity index (χ2n) is 9.36. The Hall–Kier alpha value is -1.35. The fourth-order valence-electron chi connectivity index (χ4n) is 6.30. The summed E-state index contributed by atoms with van der Waals surface area (Å²) < 4.78 is 0. The number of hydrogen-bond donors (Lipinski definition) is 2. The zero-order chi connectivity index (χ0) is 17.6. The van der Waals surface area contributed by atoms with E-state index in [0.29, 0.717) is 18.0 Å². The van der Waals surface area contributed by atoms with Gasteiger partial charge in [-0.3, -0.25) is 4.79 Å². The zero-order valence-electron chi connectivity index (χ0n) is 16.0. The van der Waals surface area contributed by atoms with E-state index < -0.39 is 0 Å². The maximum atomic E-state index is 12.4. The monoisotopic (exact) mass is 341 g/mol. The molecule has 4 bridgehead atoms. The lowest BCUT2D eigenvalue weighted by Crippen LogP contribution is -2.94. The summed E-state index contributed by atoms with van der Waals surface area (Å²) in [5, 5.41) is 5.38. The van der Waals surface area contributed by atoms with Gasteiger partial charge >= 0.3 is 0 Å². The smallest absolute Gasteiger partial charge is 0.279 e. The van der Waals surface area contributed by atoms with Gasteiger partial charge in [0, 0.05) is 11.1 Å². The number of aryl methyl sites for hydroxylation is 2. The topological polar surface area (TPSA) is 45.7 Å². The number of anilines is 1. The number of hydrogen-bond acceptors (Lipinski definition) is 1. The average Bonchev–Trinajstić information content (AvgIpc) is 2.55. The van der Waals surface area contributed by atoms with Gasteiger partial charge in [0.2, 0.25) is 0 Å². The van der Waals surface area contributed by atoms with Gasteiger partial charge in [0.1, 0.15) is 0 Å². The quantitative estimate of drug-likeness (QED) is 0.847. The molecule has 3 N–H and O–H groups in total. The second-order valence-corrected chi connectivity index (χ2v) is 9.36. The van der Waals surface area contributed by atoms with Crippen LogP contribution in [0.4, 0.5) is 5.69 Å². The lowest BCUT2D eigenvalue weighted by molar-refractivity contribution is -0.692. The van der Waals surface area contributed by atoms with E-state index in [0.717, 1.165) is 23.4 Å². The maximum absolute atomic E-state index is 12.4. The molecule has 0 spiro atoms. The molecule has 0 aliphatic heterocycles. The first-order valence-electron chi connectivity index (χ1n) is 10.1. The van der Waals surface area contributed by atoms with Crippen molar-refractivity contribution >= 4 is 11.6 Å². The summed E-state index contributed by atoms with van der Waals surface area (Å²) in [6.07, 6.45) is 8.69. The van der Waals surface area contributed by atoms with Gasteiger partial charge < -0.3 is 10.6 Å². The Labute approximate surface area is 152 Å². The molecule has 4 saturated carbocycles. The molecule has 1 aromatic rings. The molecule has 1 amide bonds. The van der Waals surface area contributed by atoms with Crippen molar-refractivity contribution in [3.63, 3.8) is 0 Å². The molecule has 0 aromatic heterocycles. The minimum absolute atomic E-state index is 0.125. The fourth-order valence-corrected chi connectivity index (χ4v) is 6.30. The van der Waals surface area contributed by atoms with Crippen molar-refractivity contribution in [2.24, 2.45) is 23.2 Å². The number of benzene rings is 1. The first-order chi connectivity index (χ1) is 11.9. The van der Waals surface area contributed by atoms with Crippen molar-refractivity contribution in [2.45, 2.75) is 65.3 Å². The van der Waals surface area contributed by atoms with Crippen molar-refractivity contribution in [3.8, 4) is 0 Å². The predicted octanol–water partition coefficient (Wildman–Crippen LogP) is 3.41. The van der Waals surface area contributed by atoms with E-state index in [1.165, 1.54) is 49.7 Å². The number of amides is 1. The van der Waals surface area contributed by atoms with E-state index in [-0.39, 0.29) is 5.91 Å². The summed E-state index contributed by atoms with van der Waals surface area (Å²) in [6, 6.07) is 6.71. The molecule has 1 aromatic carbocycles. The lowest BCUT2D eigenvalue weighted by atomic mass is 9.48. The van der Waals surface area contributed by atoms with Crippen LogP contribution in [0.15, 0.2) is 18.2 Å². The first kappa shape index (κ1) is 17.1. The summed E-state index contributed by atoms with van der Waals surface area (Å²) in [6.45, 7) is 7.10. The number of quaternary nitrogens is 1. The molecule has 4 aliphatic carbocycles. The summed E-state index contributed by atoms with van der Waals surface area (Å²) in [5.41, 5.74) is 3.92. The van der Waals surface area contributed by atoms with Crippen LogP contribution < -0.4 is 10.6 Å². The summed E-state index contributed by atoms with van der Waals surface area (Å²) in [5.74, 6) is 3.06. The van der Waals surface area contributed by atoms with E-state index in [2.05, 4.69) is 43.5 Å². The van der Waals surface area contributed by atoms with Crippen LogP contribution in [0.25, 0.3) is 0 Å². The Balaban J connectivity index is 1.33. The molecule has 0 saturated heterocycles. The molecule has 0 heterocycles. The highest BCUT2D eigenvalue weighted by Crippen LogP contribution is 2.60. The molecule has 1 atom stereocenters. The van der Waals surface area contributed by atoms with Crippen LogP contribution in [0, 0.1) is 37.0 Å². The number of nitrogens with two attached hydrogens (primary N) is 1. The standard InChI is InChI=1S/C22H32N2O/c1-14-4-5-20(6-15(14)2)24-21(25)13-23-16(3)22-10-17-7-18(11-22)9-19(8-17)12-22/h4-6,16-19,23H,7-13H2,1-3H3,(H,24,25)/p+1/t16-,17?,18?,19?,22?/m1/s1. The maximum Gasteiger partial charge on any atom is 0.279 e. The Morgan fingerprint density at radius 1 is 1.12 bits per heavy atom. The first-order valence-corrected chi connectivity index (χ1v) is 10.1. The molecule has 136 valence electrons. The third-order valence-electron chi connectivity index (χ3n) is 7.50. The molecule has 3 heteroatoms. The third-order valence-corrected chi connectivity index (χ3v) is 7.50. The Morgan fingerprint density at radius 2 is 1.72 bits per heavy atom. The average molecular weight is 342 g/mol. The van der Waals surface area contributed by atoms with Gasteiger partial charge in [0.25, 0.3) is 5.91 Å². The second kappa shape index (κ2) is 6.42. The van der Waals surface area contributed by atoms with Crippen LogP contribution in [-0.2, 0) is 4.79 Å². The Bertz CT molecular complexity index is 631. The number of carbonyl (C=O) groups excluding carboxylic acids is 1. The van der Waals surface area contributed by atoms with Crippen LogP contribution in [0.3, 0.4) is 0 Å². The van der Waals surface area contributed by atoms with Crippen molar-refractivity contribution in [3.05, 3.63) is 29.3 Å². The van der Waals surface area contributed by atoms with Gasteiger partial charge in [-0.2, -0.15) is 0 Å². The summed E-state index contributed by atoms with van der Waals surface area (Å²) in [7, 11) is 0. The van der Waals surface area contributed by atoms with Crippen molar-refractivity contribution in [2.75, 3.05) is 11.9 Å². The number of nitrogens with one attached hydrogen (secondary N) is 1. The SMILES string of the molecule is Cc1ccc(NC(=O)C[NH2+][C@H](C)C23CC4CC(CC(C4)C2)C3)cc1C. The molecule has 4 aliphatic rings. The van der Waals surface area contributed by atoms with E-state index in [4.69, 9.17) is 0 Å². The predicted molar refractivity (Wildman–Crippen MR) is 101 cm³/mol. The van der Waals surface area contributed by atoms with Gasteiger partial charge in [-0.25, -0.2) is 0 Å². The van der Waals surface area contributed by atoms with Crippen LogP contribution >= 0.6 is 0 Å². The van der Waals surface area contributed by atoms with E-state index in [1.807, 2.05) is 6.07 Å². The van der Waals surface area contributed by atoms with Gasteiger partial charge in [0.15, 0.2) is 6.54 Å². The fraction of sp³-hybridized carbons (Fsp3) is 0.682. The van der Waals surface area contributed by atoms with E-state index >= 15 is 0 Å². The normalized spacial score (nSPS) is 34.1. The third kappa shape index (κ3) is 3.36. The van der Waals surface area contributed by atoms with Gasteiger partial charge in [-0.15, -0.1) is 0 Å². The Morgan fingerprint density at radius 3 is 2.28 bits per heavy atom. The van der Waals surface area contributed by atoms with Gasteiger partial charge in [0.05, 0.1) is 6.04 Å². The lowest BCUT2D eigenvalue weighted by Gasteiger charge is -2.57. The van der Waals surface area contributed by atoms with Crippen molar-refractivity contribution < 1.29 is 10.1 Å². The summed E-state index contributed by atoms with van der Waals surface area (Å²) in [4.78, 5) is 12.4. The van der Waals surface area contributed by atoms with Crippen LogP contribution in [0.2, 0.25) is 0 Å². The molecule has 5 rings (SSSR count). The summed E-state index contributed by atoms with van der Waals surface area (Å²) >= 11 is 0. The highest BCUT2D eigenvalue weighted by Gasteiger charge is 2.54. The number of rotatable bonds is 5. The van der Waals surface area contributed by atoms with Crippen LogP contribution in [-0.4, -0.2) is 18.5 Å². The van der Waals surface area contributed by atoms with E-state index in [9.17, 15) is 4.79 Å². The molecular formula is C22H33N2O+. The minimum Gasteiger partial charge on any atom is -0.336 e. The molecule has 3 nitrogen and oxygen atoms in total. The van der Waals surface area contributed by atoms with Crippen molar-refractivity contribution in [1.82, 2.24) is 0 Å². The minimum atomic E-state index is 0.125. The van der Waals surface area contributed by atoms with Crippen LogP contribution in [0.1, 0.15) is 56.6 Å². The van der Waals surface area contributed by atoms with E-state index in [1.54, 1.807) is 0 Å². The molecule has 4 fully saturated rings. The highest BCUT2D eigenvalue weighted by molar-refractivity contribution is 5.91.